The van der Waals surface area contributed by atoms with E-state index in [9.17, 15) is 0 Å². The van der Waals surface area contributed by atoms with Crippen molar-refractivity contribution in [2.24, 2.45) is 0 Å². The fourth-order valence-corrected chi connectivity index (χ4v) is 10.9. The van der Waals surface area contributed by atoms with Crippen LogP contribution < -0.4 is 31.1 Å². The van der Waals surface area contributed by atoms with Gasteiger partial charge in [-0.15, -0.1) is 0 Å². The summed E-state index contributed by atoms with van der Waals surface area (Å²) in [5.74, 6) is 0. The van der Waals surface area contributed by atoms with E-state index in [-0.39, 0.29) is 28.4 Å². The Morgan fingerprint density at radius 1 is 0.400 bits per heavy atom. The average molecular weight is 916 g/mol. The van der Waals surface area contributed by atoms with Gasteiger partial charge in [0.1, 0.15) is 5.58 Å². The highest BCUT2D eigenvalue weighted by molar-refractivity contribution is 7.00. The van der Waals surface area contributed by atoms with Gasteiger partial charge in [0.25, 0.3) is 6.71 Å². The van der Waals surface area contributed by atoms with Crippen LogP contribution in [0.5, 0.6) is 0 Å². The topological polar surface area (TPSA) is 22.9 Å². The molecule has 0 aliphatic carbocycles. The molecule has 4 nitrogen and oxygen atoms in total. The van der Waals surface area contributed by atoms with Crippen molar-refractivity contribution >= 4 is 96.2 Å². The average Bonchev–Trinajstić information content (AvgIpc) is 3.71. The van der Waals surface area contributed by atoms with Gasteiger partial charge < -0.3 is 19.1 Å². The van der Waals surface area contributed by atoms with Gasteiger partial charge in [0, 0.05) is 50.6 Å². The molecule has 2 aliphatic heterocycles. The van der Waals surface area contributed by atoms with Crippen LogP contribution in [0.2, 0.25) is 0 Å². The number of rotatable bonds is 5. The number of benzene rings is 8. The lowest BCUT2D eigenvalue weighted by Gasteiger charge is -2.46. The predicted octanol–water partition coefficient (Wildman–Crippen LogP) is 16.6. The summed E-state index contributed by atoms with van der Waals surface area (Å²) in [6.45, 7) is 30.0. The van der Waals surface area contributed by atoms with Crippen molar-refractivity contribution in [3.8, 4) is 0 Å². The lowest BCUT2D eigenvalue weighted by molar-refractivity contribution is 0.589. The number of aryl methyl sites for hydroxylation is 1. The summed E-state index contributed by atoms with van der Waals surface area (Å²) in [4.78, 5) is 7.61. The van der Waals surface area contributed by atoms with Gasteiger partial charge in [0.05, 0.1) is 11.4 Å². The van der Waals surface area contributed by atoms with Crippen molar-refractivity contribution in [2.45, 2.75) is 112 Å². The molecule has 0 bridgehead atoms. The van der Waals surface area contributed by atoms with Gasteiger partial charge in [-0.05, 0) is 140 Å². The first-order chi connectivity index (χ1) is 33.2. The van der Waals surface area contributed by atoms with Crippen molar-refractivity contribution in [1.29, 1.82) is 0 Å². The van der Waals surface area contributed by atoms with Gasteiger partial charge in [-0.25, -0.2) is 0 Å². The Hall–Kier alpha value is -6.98. The minimum Gasteiger partial charge on any atom is -0.454 e. The molecule has 0 N–H and O–H groups in total. The minimum atomic E-state index is -0.0735. The fourth-order valence-electron chi connectivity index (χ4n) is 10.9. The van der Waals surface area contributed by atoms with Crippen LogP contribution in [0.15, 0.2) is 168 Å². The normalized spacial score (nSPS) is 13.7. The van der Waals surface area contributed by atoms with E-state index in [1.54, 1.807) is 0 Å². The third-order valence-corrected chi connectivity index (χ3v) is 14.9. The van der Waals surface area contributed by atoms with E-state index in [4.69, 9.17) is 4.42 Å². The van der Waals surface area contributed by atoms with E-state index in [2.05, 4.69) is 269 Å². The summed E-state index contributed by atoms with van der Waals surface area (Å²) in [5.41, 5.74) is 21.9. The second kappa shape index (κ2) is 16.0. The van der Waals surface area contributed by atoms with Gasteiger partial charge in [0.15, 0.2) is 5.58 Å². The van der Waals surface area contributed by atoms with E-state index in [1.807, 2.05) is 0 Å². The van der Waals surface area contributed by atoms with Crippen molar-refractivity contribution in [1.82, 2.24) is 0 Å². The maximum Gasteiger partial charge on any atom is 0.252 e. The zero-order valence-electron chi connectivity index (χ0n) is 43.4. The summed E-state index contributed by atoms with van der Waals surface area (Å²) in [5, 5.41) is 2.23. The summed E-state index contributed by atoms with van der Waals surface area (Å²) >= 11 is 0. The number of para-hydroxylation sites is 3. The summed E-state index contributed by atoms with van der Waals surface area (Å²) in [6.07, 6.45) is 0. The first kappa shape index (κ1) is 45.5. The maximum absolute atomic E-state index is 7.03. The maximum atomic E-state index is 7.03. The van der Waals surface area contributed by atoms with E-state index in [0.717, 1.165) is 67.3 Å². The van der Waals surface area contributed by atoms with E-state index in [1.165, 1.54) is 50.0 Å². The van der Waals surface area contributed by atoms with Crippen LogP contribution in [0.4, 0.5) is 51.2 Å². The van der Waals surface area contributed by atoms with Gasteiger partial charge in [-0.2, -0.15) is 0 Å². The molecule has 0 amide bonds. The van der Waals surface area contributed by atoms with Gasteiger partial charge in [-0.1, -0.05) is 180 Å². The first-order valence-corrected chi connectivity index (χ1v) is 25.2. The molecular weight excluding hydrogens is 850 g/mol. The fraction of sp³-hybridized carbons (Fsp3) is 0.262. The van der Waals surface area contributed by atoms with Crippen LogP contribution in [0.3, 0.4) is 0 Å². The second-order valence-electron chi connectivity index (χ2n) is 24.0. The van der Waals surface area contributed by atoms with E-state index in [0.29, 0.717) is 0 Å². The standard InChI is InChI=1S/C65H66BN3O/c1-41-21-17-28-50-51-29-20-30-54(61(51)70-60(41)50)67(46-24-15-14-16-25-46)49-39-57-59-58(40-49)69(48-27-19-23-43(36-48)63(5,6)7)56-38-45(65(11,12)13)32-34-53(56)66(59)52-33-31-44(64(8,9)10)37-55(52)68(57)47-26-18-22-42(35-47)62(2,3)4/h14-40H,1-13H3. The van der Waals surface area contributed by atoms with Crippen molar-refractivity contribution < 1.29 is 4.42 Å². The number of anilines is 9. The molecule has 0 spiro atoms. The highest BCUT2D eigenvalue weighted by atomic mass is 16.3. The summed E-state index contributed by atoms with van der Waals surface area (Å²) in [7, 11) is 0. The van der Waals surface area contributed by atoms with Gasteiger partial charge >= 0.3 is 0 Å². The van der Waals surface area contributed by atoms with Crippen LogP contribution in [-0.2, 0) is 21.7 Å². The Kier molecular flexibility index (Phi) is 10.4. The lowest BCUT2D eigenvalue weighted by atomic mass is 9.33. The van der Waals surface area contributed by atoms with Crippen LogP contribution >= 0.6 is 0 Å². The number of fused-ring (bicyclic) bond motifs is 7. The first-order valence-electron chi connectivity index (χ1n) is 25.2. The molecule has 1 aromatic heterocycles. The van der Waals surface area contributed by atoms with Crippen LogP contribution in [0.25, 0.3) is 21.9 Å². The highest BCUT2D eigenvalue weighted by Crippen LogP contribution is 2.51. The molecule has 350 valence electrons. The Morgan fingerprint density at radius 3 is 1.36 bits per heavy atom. The Bertz CT molecular complexity index is 3370. The smallest absolute Gasteiger partial charge is 0.252 e. The van der Waals surface area contributed by atoms with Crippen molar-refractivity contribution in [3.05, 3.63) is 192 Å². The molecule has 11 rings (SSSR count). The minimum absolute atomic E-state index is 0.0388. The zero-order valence-corrected chi connectivity index (χ0v) is 43.4. The SMILES string of the molecule is Cc1cccc2c1oc1c(N(c3ccccc3)c3cc4c5c(c3)N(c3cccc(C(C)(C)C)c3)c3cc(C(C)(C)C)ccc3B5c3ccc(C(C)(C)C)cc3N4c3cccc(C(C)(C)C)c3)cccc12. The summed E-state index contributed by atoms with van der Waals surface area (Å²) in [6, 6.07) is 62.1. The summed E-state index contributed by atoms with van der Waals surface area (Å²) < 4.78 is 7.03. The highest BCUT2D eigenvalue weighted by Gasteiger charge is 2.45. The Balaban J connectivity index is 1.31. The quantitative estimate of drug-likeness (QED) is 0.161. The molecule has 9 aromatic rings. The molecule has 0 fully saturated rings. The molecule has 70 heavy (non-hydrogen) atoms. The molecule has 5 heteroatoms. The molecule has 8 aromatic carbocycles. The predicted molar refractivity (Wildman–Crippen MR) is 302 cm³/mol. The molecule has 0 unspecified atom stereocenters. The molecule has 0 saturated carbocycles. The number of nitrogens with zero attached hydrogens (tertiary/aromatic N) is 3. The molecule has 3 heterocycles. The van der Waals surface area contributed by atoms with Crippen LogP contribution in [0, 0.1) is 6.92 Å². The third-order valence-electron chi connectivity index (χ3n) is 14.9. The number of hydrogen-bond acceptors (Lipinski definition) is 4. The number of hydrogen-bond donors (Lipinski definition) is 0. The monoisotopic (exact) mass is 916 g/mol. The Morgan fingerprint density at radius 2 is 0.857 bits per heavy atom. The largest absolute Gasteiger partial charge is 0.454 e. The van der Waals surface area contributed by atoms with Gasteiger partial charge in [-0.3, -0.25) is 0 Å². The molecule has 0 radical (unpaired) electrons. The molecule has 0 saturated heterocycles. The van der Waals surface area contributed by atoms with E-state index < -0.39 is 0 Å². The van der Waals surface area contributed by atoms with Crippen LogP contribution in [-0.4, -0.2) is 6.71 Å². The Labute approximate surface area is 416 Å². The van der Waals surface area contributed by atoms with E-state index >= 15 is 0 Å². The number of furan rings is 1. The van der Waals surface area contributed by atoms with Crippen molar-refractivity contribution in [3.63, 3.8) is 0 Å². The molecule has 0 atom stereocenters. The van der Waals surface area contributed by atoms with Gasteiger partial charge in [0.2, 0.25) is 0 Å². The van der Waals surface area contributed by atoms with Crippen LogP contribution in [0.1, 0.15) is 111 Å². The zero-order chi connectivity index (χ0) is 49.2. The second-order valence-corrected chi connectivity index (χ2v) is 24.0. The molecular formula is C65H66BN3O. The molecule has 2 aliphatic rings. The lowest BCUT2D eigenvalue weighted by Crippen LogP contribution is -2.61. The van der Waals surface area contributed by atoms with Crippen molar-refractivity contribution in [2.75, 3.05) is 14.7 Å². The third kappa shape index (κ3) is 7.52.